The molecule has 2 rings (SSSR count). The van der Waals surface area contributed by atoms with Crippen molar-refractivity contribution >= 4 is 0 Å². The average molecular weight is 246 g/mol. The van der Waals surface area contributed by atoms with E-state index in [1.54, 1.807) is 0 Å². The van der Waals surface area contributed by atoms with E-state index in [0.29, 0.717) is 0 Å². The lowest BCUT2D eigenvalue weighted by Gasteiger charge is -2.23. The van der Waals surface area contributed by atoms with Gasteiger partial charge in [0.1, 0.15) is 0 Å². The number of nitrogens with zero attached hydrogens (tertiary/aromatic N) is 1. The first-order valence-corrected chi connectivity index (χ1v) is 7.09. The van der Waals surface area contributed by atoms with Crippen LogP contribution in [0.25, 0.3) is 0 Å². The van der Waals surface area contributed by atoms with E-state index in [2.05, 4.69) is 55.3 Å². The Balaban J connectivity index is 2.00. The highest BCUT2D eigenvalue weighted by atomic mass is 15.1. The molecule has 1 aromatic rings. The molecule has 2 nitrogen and oxygen atoms in total. The molecular weight excluding hydrogens is 220 g/mol. The average Bonchev–Trinajstić information content (AvgIpc) is 2.80. The van der Waals surface area contributed by atoms with Crippen LogP contribution < -0.4 is 5.32 Å². The Kier molecular flexibility index (Phi) is 4.41. The van der Waals surface area contributed by atoms with Gasteiger partial charge in [0.05, 0.1) is 0 Å². The molecule has 0 bridgehead atoms. The molecule has 1 heterocycles. The van der Waals surface area contributed by atoms with Crippen LogP contribution in [0.3, 0.4) is 0 Å². The molecule has 0 aliphatic carbocycles. The summed E-state index contributed by atoms with van der Waals surface area (Å²) in [5.74, 6) is 0. The molecule has 0 aromatic heterocycles. The van der Waals surface area contributed by atoms with Gasteiger partial charge in [0.2, 0.25) is 0 Å². The molecular formula is C16H26N2. The monoisotopic (exact) mass is 246 g/mol. The number of benzene rings is 1. The summed E-state index contributed by atoms with van der Waals surface area (Å²) in [5, 5.41) is 3.58. The molecule has 1 saturated heterocycles. The Morgan fingerprint density at radius 2 is 1.67 bits per heavy atom. The zero-order chi connectivity index (χ0) is 13.0. The van der Waals surface area contributed by atoms with E-state index in [4.69, 9.17) is 0 Å². The Bertz CT molecular complexity index is 373. The first-order chi connectivity index (χ1) is 8.54. The van der Waals surface area contributed by atoms with Gasteiger partial charge in [-0.2, -0.15) is 0 Å². The number of hydrogen-bond donors (Lipinski definition) is 1. The normalized spacial score (nSPS) is 17.3. The third-order valence-electron chi connectivity index (χ3n) is 3.52. The lowest BCUT2D eigenvalue weighted by atomic mass is 10.0. The minimum absolute atomic E-state index is 0.181. The highest BCUT2D eigenvalue weighted by Gasteiger charge is 2.14. The summed E-state index contributed by atoms with van der Waals surface area (Å²) in [5.41, 5.74) is 3.11. The smallest absolute Gasteiger partial charge is 0.0236 e. The number of likely N-dealkylation sites (tertiary alicyclic amines) is 1. The summed E-state index contributed by atoms with van der Waals surface area (Å²) in [6.45, 7) is 11.3. The van der Waals surface area contributed by atoms with Crippen LogP contribution in [0.15, 0.2) is 24.3 Å². The van der Waals surface area contributed by atoms with Crippen molar-refractivity contribution in [3.63, 3.8) is 0 Å². The quantitative estimate of drug-likeness (QED) is 0.878. The fraction of sp³-hybridized carbons (Fsp3) is 0.625. The standard InChI is InChI=1S/C16H26N2/c1-16(2,3)17-12-14-8-4-5-9-15(14)13-18-10-6-7-11-18/h4-5,8-9,17H,6-7,10-13H2,1-3H3. The molecule has 0 atom stereocenters. The van der Waals surface area contributed by atoms with Gasteiger partial charge in [-0.25, -0.2) is 0 Å². The van der Waals surface area contributed by atoms with Crippen LogP contribution in [0.5, 0.6) is 0 Å². The molecule has 0 radical (unpaired) electrons. The van der Waals surface area contributed by atoms with Gasteiger partial charge in [-0.1, -0.05) is 24.3 Å². The molecule has 1 aliphatic heterocycles. The largest absolute Gasteiger partial charge is 0.308 e. The van der Waals surface area contributed by atoms with Crippen molar-refractivity contribution in [1.82, 2.24) is 10.2 Å². The molecule has 18 heavy (non-hydrogen) atoms. The fourth-order valence-electron chi connectivity index (χ4n) is 2.43. The second kappa shape index (κ2) is 5.85. The van der Waals surface area contributed by atoms with Crippen molar-refractivity contribution in [2.75, 3.05) is 13.1 Å². The van der Waals surface area contributed by atoms with Crippen LogP contribution >= 0.6 is 0 Å². The SMILES string of the molecule is CC(C)(C)NCc1ccccc1CN1CCCC1. The Labute approximate surface area is 111 Å². The second-order valence-electron chi connectivity index (χ2n) is 6.36. The van der Waals surface area contributed by atoms with E-state index in [1.165, 1.54) is 37.1 Å². The van der Waals surface area contributed by atoms with Gasteiger partial charge in [0.15, 0.2) is 0 Å². The summed E-state index contributed by atoms with van der Waals surface area (Å²) < 4.78 is 0. The maximum atomic E-state index is 3.58. The van der Waals surface area contributed by atoms with Crippen LogP contribution in [-0.4, -0.2) is 23.5 Å². The first-order valence-electron chi connectivity index (χ1n) is 7.09. The van der Waals surface area contributed by atoms with Gasteiger partial charge in [-0.3, -0.25) is 4.90 Å². The van der Waals surface area contributed by atoms with Crippen LogP contribution in [0.4, 0.5) is 0 Å². The molecule has 2 heteroatoms. The van der Waals surface area contributed by atoms with E-state index in [0.717, 1.165) is 13.1 Å². The van der Waals surface area contributed by atoms with Crippen molar-refractivity contribution in [3.05, 3.63) is 35.4 Å². The highest BCUT2D eigenvalue weighted by molar-refractivity contribution is 5.27. The zero-order valence-corrected chi connectivity index (χ0v) is 12.0. The molecule has 0 spiro atoms. The van der Waals surface area contributed by atoms with Crippen LogP contribution in [0.2, 0.25) is 0 Å². The van der Waals surface area contributed by atoms with Gasteiger partial charge in [0, 0.05) is 18.6 Å². The summed E-state index contributed by atoms with van der Waals surface area (Å²) in [6.07, 6.45) is 2.73. The Morgan fingerprint density at radius 3 is 2.28 bits per heavy atom. The van der Waals surface area contributed by atoms with Crippen molar-refractivity contribution in [3.8, 4) is 0 Å². The summed E-state index contributed by atoms with van der Waals surface area (Å²) in [4.78, 5) is 2.57. The van der Waals surface area contributed by atoms with Gasteiger partial charge in [-0.15, -0.1) is 0 Å². The molecule has 0 amide bonds. The predicted molar refractivity (Wildman–Crippen MR) is 77.5 cm³/mol. The summed E-state index contributed by atoms with van der Waals surface area (Å²) in [6, 6.07) is 8.83. The number of rotatable bonds is 4. The minimum atomic E-state index is 0.181. The molecule has 1 aromatic carbocycles. The van der Waals surface area contributed by atoms with Crippen LogP contribution in [0.1, 0.15) is 44.7 Å². The van der Waals surface area contributed by atoms with Gasteiger partial charge < -0.3 is 5.32 Å². The van der Waals surface area contributed by atoms with E-state index in [-0.39, 0.29) is 5.54 Å². The van der Waals surface area contributed by atoms with E-state index in [1.807, 2.05) is 0 Å². The predicted octanol–water partition coefficient (Wildman–Crippen LogP) is 3.17. The second-order valence-corrected chi connectivity index (χ2v) is 6.36. The van der Waals surface area contributed by atoms with Gasteiger partial charge in [0.25, 0.3) is 0 Å². The Morgan fingerprint density at radius 1 is 1.06 bits per heavy atom. The van der Waals surface area contributed by atoms with Gasteiger partial charge in [-0.05, 0) is 57.8 Å². The van der Waals surface area contributed by atoms with E-state index in [9.17, 15) is 0 Å². The van der Waals surface area contributed by atoms with Crippen molar-refractivity contribution in [2.45, 2.75) is 52.2 Å². The van der Waals surface area contributed by atoms with E-state index < -0.39 is 0 Å². The third-order valence-corrected chi connectivity index (χ3v) is 3.52. The Hall–Kier alpha value is -0.860. The van der Waals surface area contributed by atoms with Gasteiger partial charge >= 0.3 is 0 Å². The van der Waals surface area contributed by atoms with E-state index >= 15 is 0 Å². The van der Waals surface area contributed by atoms with Crippen molar-refractivity contribution in [1.29, 1.82) is 0 Å². The maximum Gasteiger partial charge on any atom is 0.0236 e. The molecule has 1 N–H and O–H groups in total. The fourth-order valence-corrected chi connectivity index (χ4v) is 2.43. The highest BCUT2D eigenvalue weighted by Crippen LogP contribution is 2.16. The zero-order valence-electron chi connectivity index (χ0n) is 12.0. The molecule has 0 unspecified atom stereocenters. The maximum absolute atomic E-state index is 3.58. The number of nitrogens with one attached hydrogen (secondary N) is 1. The summed E-state index contributed by atoms with van der Waals surface area (Å²) >= 11 is 0. The van der Waals surface area contributed by atoms with Crippen LogP contribution in [0, 0.1) is 0 Å². The summed E-state index contributed by atoms with van der Waals surface area (Å²) in [7, 11) is 0. The van der Waals surface area contributed by atoms with Crippen LogP contribution in [-0.2, 0) is 13.1 Å². The molecule has 0 saturated carbocycles. The first kappa shape index (κ1) is 13.6. The van der Waals surface area contributed by atoms with Crippen molar-refractivity contribution in [2.24, 2.45) is 0 Å². The topological polar surface area (TPSA) is 15.3 Å². The lowest BCUT2D eigenvalue weighted by molar-refractivity contribution is 0.329. The number of hydrogen-bond acceptors (Lipinski definition) is 2. The minimum Gasteiger partial charge on any atom is -0.308 e. The molecule has 1 aliphatic rings. The molecule has 100 valence electrons. The molecule has 1 fully saturated rings. The lowest BCUT2D eigenvalue weighted by Crippen LogP contribution is -2.35. The van der Waals surface area contributed by atoms with Crippen molar-refractivity contribution < 1.29 is 0 Å². The third kappa shape index (κ3) is 4.11.